The van der Waals surface area contributed by atoms with Crippen molar-refractivity contribution < 1.29 is 14.3 Å². The van der Waals surface area contributed by atoms with E-state index in [4.69, 9.17) is 27.6 Å². The average molecular weight is 333 g/mol. The Hall–Kier alpha value is -2.29. The molecule has 0 spiro atoms. The second-order valence-corrected chi connectivity index (χ2v) is 5.43. The summed E-state index contributed by atoms with van der Waals surface area (Å²) in [6, 6.07) is 7.18. The fraction of sp³-hybridized carbons (Fsp3) is 0.294. The van der Waals surface area contributed by atoms with Crippen LogP contribution in [0.25, 0.3) is 4.85 Å². The van der Waals surface area contributed by atoms with E-state index < -0.39 is 11.9 Å². The van der Waals surface area contributed by atoms with E-state index in [2.05, 4.69) is 10.2 Å². The molecule has 1 aromatic carbocycles. The number of dihydropyridines is 1. The predicted octanol–water partition coefficient (Wildman–Crippen LogP) is 3.25. The molecule has 1 aliphatic heterocycles. The lowest BCUT2D eigenvalue weighted by Gasteiger charge is -2.29. The summed E-state index contributed by atoms with van der Waals surface area (Å²) in [7, 11) is 2.85. The lowest BCUT2D eigenvalue weighted by Crippen LogP contribution is -2.31. The first-order chi connectivity index (χ1) is 11.0. The summed E-state index contributed by atoms with van der Waals surface area (Å²) in [4.78, 5) is 16.0. The van der Waals surface area contributed by atoms with Crippen LogP contribution in [0.4, 0.5) is 0 Å². The highest BCUT2D eigenvalue weighted by molar-refractivity contribution is 6.31. The number of carbonyl (C=O) groups is 1. The van der Waals surface area contributed by atoms with Crippen molar-refractivity contribution in [2.45, 2.75) is 12.8 Å². The minimum Gasteiger partial charge on any atom is -0.466 e. The molecule has 1 aliphatic rings. The first kappa shape index (κ1) is 17.1. The largest absolute Gasteiger partial charge is 0.466 e. The Balaban J connectivity index is 2.72. The van der Waals surface area contributed by atoms with Crippen LogP contribution in [-0.4, -0.2) is 26.8 Å². The molecule has 1 heterocycles. The molecular weight excluding hydrogens is 316 g/mol. The van der Waals surface area contributed by atoms with Gasteiger partial charge in [0, 0.05) is 17.8 Å². The molecule has 0 saturated carbocycles. The summed E-state index contributed by atoms with van der Waals surface area (Å²) in [6.45, 7) is 9.51. The van der Waals surface area contributed by atoms with Crippen LogP contribution in [0.5, 0.6) is 0 Å². The lowest BCUT2D eigenvalue weighted by atomic mass is 9.84. The van der Waals surface area contributed by atoms with Gasteiger partial charge in [0.1, 0.15) is 0 Å². The molecule has 1 unspecified atom stereocenters. The minimum atomic E-state index is -0.583. The third kappa shape index (κ3) is 3.24. The van der Waals surface area contributed by atoms with Gasteiger partial charge in [-0.3, -0.25) is 0 Å². The van der Waals surface area contributed by atoms with Crippen molar-refractivity contribution in [3.8, 4) is 0 Å². The van der Waals surface area contributed by atoms with E-state index in [9.17, 15) is 4.79 Å². The second kappa shape index (κ2) is 7.32. The first-order valence-corrected chi connectivity index (χ1v) is 7.32. The molecule has 0 aliphatic carbocycles. The van der Waals surface area contributed by atoms with Crippen LogP contribution in [0.15, 0.2) is 46.9 Å². The first-order valence-electron chi connectivity index (χ1n) is 6.95. The zero-order valence-corrected chi connectivity index (χ0v) is 13.9. The number of allylic oxidation sites excluding steroid dienone is 2. The maximum absolute atomic E-state index is 12.4. The maximum Gasteiger partial charge on any atom is 0.335 e. The highest BCUT2D eigenvalue weighted by Crippen LogP contribution is 2.41. The normalized spacial score (nSPS) is 17.6. The van der Waals surface area contributed by atoms with Crippen LogP contribution in [-0.2, 0) is 14.3 Å². The number of hydrogen-bond acceptors (Lipinski definition) is 4. The number of halogens is 1. The van der Waals surface area contributed by atoms with E-state index in [1.165, 1.54) is 14.2 Å². The van der Waals surface area contributed by atoms with Gasteiger partial charge in [-0.1, -0.05) is 29.8 Å². The lowest BCUT2D eigenvalue weighted by molar-refractivity contribution is -0.136. The molecule has 0 radical (unpaired) electrons. The Kier molecular flexibility index (Phi) is 5.43. The van der Waals surface area contributed by atoms with Crippen molar-refractivity contribution in [1.29, 1.82) is 0 Å². The number of rotatable bonds is 4. The number of carbonyl (C=O) groups excluding carboxylic acids is 1. The van der Waals surface area contributed by atoms with Gasteiger partial charge >= 0.3 is 5.97 Å². The third-order valence-electron chi connectivity index (χ3n) is 3.64. The Morgan fingerprint density at radius 1 is 1.39 bits per heavy atom. The zero-order chi connectivity index (χ0) is 17.0. The molecule has 120 valence electrons. The van der Waals surface area contributed by atoms with Gasteiger partial charge in [-0.05, 0) is 18.6 Å². The summed E-state index contributed by atoms with van der Waals surface area (Å²) < 4.78 is 10.1. The monoisotopic (exact) mass is 332 g/mol. The molecule has 1 atom stereocenters. The van der Waals surface area contributed by atoms with E-state index >= 15 is 0 Å². The molecule has 2 rings (SSSR count). The predicted molar refractivity (Wildman–Crippen MR) is 87.5 cm³/mol. The van der Waals surface area contributed by atoms with E-state index in [1.807, 2.05) is 12.1 Å². The van der Waals surface area contributed by atoms with Crippen molar-refractivity contribution in [3.63, 3.8) is 0 Å². The number of hydrogen-bond donors (Lipinski definition) is 1. The van der Waals surface area contributed by atoms with Gasteiger partial charge in [-0.25, -0.2) is 9.64 Å². The smallest absolute Gasteiger partial charge is 0.335 e. The number of nitrogens with zero attached hydrogens (tertiary/aromatic N) is 1. The van der Waals surface area contributed by atoms with Crippen molar-refractivity contribution in [2.24, 2.45) is 0 Å². The quantitative estimate of drug-likeness (QED) is 0.679. The molecule has 0 aromatic heterocycles. The maximum atomic E-state index is 12.4. The molecule has 5 nitrogen and oxygen atoms in total. The Labute approximate surface area is 140 Å². The zero-order valence-electron chi connectivity index (χ0n) is 13.1. The fourth-order valence-corrected chi connectivity index (χ4v) is 2.90. The number of ether oxygens (including phenoxy) is 2. The Morgan fingerprint density at radius 2 is 2.09 bits per heavy atom. The Bertz CT molecular complexity index is 732. The average Bonchev–Trinajstić information content (AvgIpc) is 2.54. The van der Waals surface area contributed by atoms with Crippen molar-refractivity contribution in [1.82, 2.24) is 5.32 Å². The van der Waals surface area contributed by atoms with E-state index in [0.29, 0.717) is 33.3 Å². The van der Waals surface area contributed by atoms with Crippen molar-refractivity contribution in [2.75, 3.05) is 20.8 Å². The molecule has 0 amide bonds. The van der Waals surface area contributed by atoms with Crippen LogP contribution in [0.3, 0.4) is 0 Å². The summed E-state index contributed by atoms with van der Waals surface area (Å²) >= 11 is 6.31. The van der Waals surface area contributed by atoms with Gasteiger partial charge in [-0.2, -0.15) is 0 Å². The number of benzene rings is 1. The third-order valence-corrected chi connectivity index (χ3v) is 3.98. The van der Waals surface area contributed by atoms with E-state index in [1.54, 1.807) is 19.1 Å². The Morgan fingerprint density at radius 3 is 2.65 bits per heavy atom. The summed E-state index contributed by atoms with van der Waals surface area (Å²) in [6.07, 6.45) is 0. The van der Waals surface area contributed by atoms with Gasteiger partial charge in [0.05, 0.1) is 37.5 Å². The molecule has 1 N–H and O–H groups in total. The van der Waals surface area contributed by atoms with Crippen LogP contribution in [0.2, 0.25) is 5.02 Å². The minimum absolute atomic E-state index is 0.202. The van der Waals surface area contributed by atoms with Gasteiger partial charge in [0.15, 0.2) is 5.70 Å². The standard InChI is InChI=1S/C17H17ClN2O3/c1-10-16(19-2)14(11-7-5-6-8-12(11)18)15(17(21)23-4)13(20-10)9-22-3/h5-8,14,20H,9H2,1,3-4H3. The molecule has 6 heteroatoms. The fourth-order valence-electron chi connectivity index (χ4n) is 2.65. The van der Waals surface area contributed by atoms with Gasteiger partial charge < -0.3 is 14.8 Å². The molecule has 0 bridgehead atoms. The summed E-state index contributed by atoms with van der Waals surface area (Å²) in [5, 5.41) is 3.57. The molecular formula is C17H17ClN2O3. The van der Waals surface area contributed by atoms with Crippen LogP contribution in [0, 0.1) is 6.57 Å². The highest BCUT2D eigenvalue weighted by Gasteiger charge is 2.36. The summed E-state index contributed by atoms with van der Waals surface area (Å²) in [5.74, 6) is -1.09. The van der Waals surface area contributed by atoms with Gasteiger partial charge in [-0.15, -0.1) is 0 Å². The molecule has 0 fully saturated rings. The SMILES string of the molecule is [C-]#[N+]C1=C(C)NC(COC)=C(C(=O)OC)C1c1ccccc1Cl. The second-order valence-electron chi connectivity index (χ2n) is 5.02. The van der Waals surface area contributed by atoms with Gasteiger partial charge in [0.25, 0.3) is 0 Å². The molecule has 23 heavy (non-hydrogen) atoms. The number of methoxy groups -OCH3 is 2. The topological polar surface area (TPSA) is 51.9 Å². The van der Waals surface area contributed by atoms with Gasteiger partial charge in [0.2, 0.25) is 0 Å². The van der Waals surface area contributed by atoms with E-state index in [0.717, 1.165) is 0 Å². The van der Waals surface area contributed by atoms with Crippen molar-refractivity contribution in [3.05, 3.63) is 68.9 Å². The van der Waals surface area contributed by atoms with Crippen LogP contribution >= 0.6 is 11.6 Å². The van der Waals surface area contributed by atoms with Crippen LogP contribution < -0.4 is 5.32 Å². The summed E-state index contributed by atoms with van der Waals surface area (Å²) in [5.41, 5.74) is 2.70. The number of nitrogens with one attached hydrogen (secondary N) is 1. The number of esters is 1. The van der Waals surface area contributed by atoms with Crippen LogP contribution in [0.1, 0.15) is 18.4 Å². The van der Waals surface area contributed by atoms with E-state index in [-0.39, 0.29) is 6.61 Å². The highest BCUT2D eigenvalue weighted by atomic mass is 35.5. The molecule has 0 saturated heterocycles. The molecule has 1 aromatic rings. The van der Waals surface area contributed by atoms with Crippen molar-refractivity contribution >= 4 is 17.6 Å².